The quantitative estimate of drug-likeness (QED) is 0.248. The third kappa shape index (κ3) is 3.10. The maximum absolute atomic E-state index is 14.6. The van der Waals surface area contributed by atoms with E-state index in [0.717, 1.165) is 16.8 Å². The highest BCUT2D eigenvalue weighted by Gasteiger charge is 2.71. The van der Waals surface area contributed by atoms with Crippen molar-refractivity contribution in [1.29, 1.82) is 0 Å². The molecule has 2 aliphatic heterocycles. The van der Waals surface area contributed by atoms with Crippen molar-refractivity contribution in [3.63, 3.8) is 0 Å². The standard InChI is InChI=1S/C34H25NO4/c1-39-24-18-15-22(16-19-24)29-30(31(36)23-10-3-2-4-11-23)35-27-14-8-5-9-21(27)17-20-28(35)34(29)32(37)25-12-6-7-13-26(25)33(34)38/h2-20,28-30H,1H3/t28-,29-,30-/m1/s1. The summed E-state index contributed by atoms with van der Waals surface area (Å²) in [5, 5.41) is 0. The minimum absolute atomic E-state index is 0.125. The van der Waals surface area contributed by atoms with Crippen LogP contribution in [0.4, 0.5) is 5.69 Å². The molecule has 7 rings (SSSR count). The van der Waals surface area contributed by atoms with E-state index >= 15 is 0 Å². The zero-order chi connectivity index (χ0) is 26.7. The number of ether oxygens (including phenoxy) is 1. The second-order valence-electron chi connectivity index (χ2n) is 10.3. The summed E-state index contributed by atoms with van der Waals surface area (Å²) in [6.07, 6.45) is 3.92. The van der Waals surface area contributed by atoms with Crippen LogP contribution in [0.3, 0.4) is 0 Å². The van der Waals surface area contributed by atoms with Crippen LogP contribution in [0.25, 0.3) is 6.08 Å². The number of methoxy groups -OCH3 is 1. The molecule has 5 heteroatoms. The monoisotopic (exact) mass is 511 g/mol. The van der Waals surface area contributed by atoms with E-state index in [9.17, 15) is 14.4 Å². The van der Waals surface area contributed by atoms with Gasteiger partial charge < -0.3 is 9.64 Å². The van der Waals surface area contributed by atoms with E-state index in [1.165, 1.54) is 0 Å². The molecule has 39 heavy (non-hydrogen) atoms. The van der Waals surface area contributed by atoms with E-state index < -0.39 is 23.4 Å². The van der Waals surface area contributed by atoms with Crippen molar-refractivity contribution in [2.24, 2.45) is 5.41 Å². The van der Waals surface area contributed by atoms with Crippen LogP contribution < -0.4 is 9.64 Å². The van der Waals surface area contributed by atoms with Crippen molar-refractivity contribution in [2.75, 3.05) is 12.0 Å². The van der Waals surface area contributed by atoms with Gasteiger partial charge in [-0.15, -0.1) is 0 Å². The zero-order valence-corrected chi connectivity index (χ0v) is 21.3. The predicted molar refractivity (Wildman–Crippen MR) is 150 cm³/mol. The van der Waals surface area contributed by atoms with Crippen LogP contribution in [-0.2, 0) is 0 Å². The maximum atomic E-state index is 14.6. The molecule has 4 aromatic carbocycles. The molecule has 0 bridgehead atoms. The molecular weight excluding hydrogens is 486 g/mol. The van der Waals surface area contributed by atoms with E-state index in [1.54, 1.807) is 43.5 Å². The second kappa shape index (κ2) is 8.63. The Morgan fingerprint density at radius 1 is 0.769 bits per heavy atom. The van der Waals surface area contributed by atoms with Crippen molar-refractivity contribution < 1.29 is 19.1 Å². The van der Waals surface area contributed by atoms with Crippen LogP contribution in [0, 0.1) is 5.41 Å². The molecule has 1 saturated heterocycles. The summed E-state index contributed by atoms with van der Waals surface area (Å²) >= 11 is 0. The van der Waals surface area contributed by atoms with Gasteiger partial charge in [0.25, 0.3) is 0 Å². The fourth-order valence-corrected chi connectivity index (χ4v) is 6.87. The Bertz CT molecular complexity index is 1640. The van der Waals surface area contributed by atoms with Gasteiger partial charge in [0.2, 0.25) is 0 Å². The molecule has 3 aliphatic rings. The molecular formula is C34H25NO4. The molecule has 0 N–H and O–H groups in total. The van der Waals surface area contributed by atoms with Gasteiger partial charge in [0, 0.05) is 28.3 Å². The molecule has 0 amide bonds. The highest BCUT2D eigenvalue weighted by Crippen LogP contribution is 2.61. The van der Waals surface area contributed by atoms with Gasteiger partial charge in [-0.1, -0.05) is 97.1 Å². The van der Waals surface area contributed by atoms with Crippen molar-refractivity contribution in [1.82, 2.24) is 0 Å². The molecule has 0 radical (unpaired) electrons. The average Bonchev–Trinajstić information content (AvgIpc) is 3.43. The Morgan fingerprint density at radius 3 is 2.05 bits per heavy atom. The number of carbonyl (C=O) groups is 3. The molecule has 2 heterocycles. The first-order valence-corrected chi connectivity index (χ1v) is 13.0. The number of ketones is 3. The summed E-state index contributed by atoms with van der Waals surface area (Å²) < 4.78 is 5.40. The van der Waals surface area contributed by atoms with Crippen LogP contribution >= 0.6 is 0 Å². The minimum Gasteiger partial charge on any atom is -0.497 e. The lowest BCUT2D eigenvalue weighted by Crippen LogP contribution is -2.48. The van der Waals surface area contributed by atoms with Crippen LogP contribution in [-0.4, -0.2) is 36.5 Å². The van der Waals surface area contributed by atoms with Gasteiger partial charge in [-0.3, -0.25) is 14.4 Å². The molecule has 1 spiro atoms. The van der Waals surface area contributed by atoms with Gasteiger partial charge in [-0.2, -0.15) is 0 Å². The van der Waals surface area contributed by atoms with E-state index in [-0.39, 0.29) is 17.3 Å². The number of benzene rings is 4. The molecule has 190 valence electrons. The molecule has 5 nitrogen and oxygen atoms in total. The van der Waals surface area contributed by atoms with Crippen molar-refractivity contribution in [3.8, 4) is 5.75 Å². The normalized spacial score (nSPS) is 22.0. The molecule has 1 fully saturated rings. The van der Waals surface area contributed by atoms with Crippen LogP contribution in [0.5, 0.6) is 5.75 Å². The predicted octanol–water partition coefficient (Wildman–Crippen LogP) is 6.01. The first kappa shape index (κ1) is 23.4. The first-order valence-electron chi connectivity index (χ1n) is 13.0. The summed E-state index contributed by atoms with van der Waals surface area (Å²) in [5.74, 6) is -0.658. The fourth-order valence-electron chi connectivity index (χ4n) is 6.87. The Balaban J connectivity index is 1.54. The number of carbonyl (C=O) groups excluding carboxylic acids is 3. The summed E-state index contributed by atoms with van der Waals surface area (Å²) in [5.41, 5.74) is 2.41. The number of Topliss-reactive ketones (excluding diaryl/α,β-unsaturated/α-hetero) is 3. The number of anilines is 1. The lowest BCUT2D eigenvalue weighted by atomic mass is 9.64. The Hall–Kier alpha value is -4.77. The Morgan fingerprint density at radius 2 is 1.38 bits per heavy atom. The lowest BCUT2D eigenvalue weighted by Gasteiger charge is -2.37. The van der Waals surface area contributed by atoms with E-state index in [4.69, 9.17) is 4.74 Å². The van der Waals surface area contributed by atoms with E-state index in [2.05, 4.69) is 0 Å². The van der Waals surface area contributed by atoms with Gasteiger partial charge in [0.15, 0.2) is 17.3 Å². The Labute approximate surface area is 226 Å². The SMILES string of the molecule is COc1ccc([C@@H]2[C@H](C(=O)c3ccccc3)N3c4ccccc4C=C[C@@H]3C23C(=O)c2ccccc2C3=O)cc1. The van der Waals surface area contributed by atoms with Gasteiger partial charge in [0.05, 0.1) is 13.2 Å². The number of rotatable bonds is 4. The van der Waals surface area contributed by atoms with Crippen molar-refractivity contribution in [3.05, 3.63) is 137 Å². The highest BCUT2D eigenvalue weighted by molar-refractivity contribution is 6.32. The first-order chi connectivity index (χ1) is 19.1. The molecule has 0 unspecified atom stereocenters. The van der Waals surface area contributed by atoms with Crippen LogP contribution in [0.2, 0.25) is 0 Å². The molecule has 0 saturated carbocycles. The van der Waals surface area contributed by atoms with Crippen LogP contribution in [0.1, 0.15) is 48.1 Å². The second-order valence-corrected chi connectivity index (χ2v) is 10.3. The molecule has 3 atom stereocenters. The van der Waals surface area contributed by atoms with Gasteiger partial charge >= 0.3 is 0 Å². The van der Waals surface area contributed by atoms with E-state index in [1.807, 2.05) is 83.8 Å². The van der Waals surface area contributed by atoms with Crippen molar-refractivity contribution >= 4 is 29.1 Å². The summed E-state index contributed by atoms with van der Waals surface area (Å²) in [4.78, 5) is 45.7. The van der Waals surface area contributed by atoms with E-state index in [0.29, 0.717) is 22.4 Å². The average molecular weight is 512 g/mol. The van der Waals surface area contributed by atoms with Gasteiger partial charge in [-0.05, 0) is 29.3 Å². The third-order valence-electron chi connectivity index (χ3n) is 8.51. The fraction of sp³-hybridized carbons (Fsp3) is 0.147. The summed E-state index contributed by atoms with van der Waals surface area (Å²) in [6, 6.07) is 30.0. The zero-order valence-electron chi connectivity index (χ0n) is 21.3. The minimum atomic E-state index is -1.50. The number of nitrogens with zero attached hydrogens (tertiary/aromatic N) is 1. The number of para-hydroxylation sites is 1. The van der Waals surface area contributed by atoms with Gasteiger partial charge in [0.1, 0.15) is 17.2 Å². The number of fused-ring (bicyclic) bond motifs is 5. The molecule has 0 aromatic heterocycles. The lowest BCUT2D eigenvalue weighted by molar-refractivity contribution is 0.0666. The maximum Gasteiger partial charge on any atom is 0.185 e. The van der Waals surface area contributed by atoms with Crippen molar-refractivity contribution in [2.45, 2.75) is 18.0 Å². The third-order valence-corrected chi connectivity index (χ3v) is 8.51. The Kier molecular flexibility index (Phi) is 5.17. The summed E-state index contributed by atoms with van der Waals surface area (Å²) in [7, 11) is 1.59. The topological polar surface area (TPSA) is 63.7 Å². The molecule has 4 aromatic rings. The molecule has 1 aliphatic carbocycles. The largest absolute Gasteiger partial charge is 0.497 e. The van der Waals surface area contributed by atoms with Gasteiger partial charge in [-0.25, -0.2) is 0 Å². The highest BCUT2D eigenvalue weighted by atomic mass is 16.5. The summed E-state index contributed by atoms with van der Waals surface area (Å²) in [6.45, 7) is 0. The number of hydrogen-bond donors (Lipinski definition) is 0. The number of hydrogen-bond acceptors (Lipinski definition) is 5. The van der Waals surface area contributed by atoms with Crippen LogP contribution in [0.15, 0.2) is 109 Å². The smallest absolute Gasteiger partial charge is 0.185 e.